The molecule has 2 unspecified atom stereocenters. The Morgan fingerprint density at radius 1 is 1.32 bits per heavy atom. The molecule has 0 radical (unpaired) electrons. The summed E-state index contributed by atoms with van der Waals surface area (Å²) in [5, 5.41) is 21.4. The molecule has 2 aliphatic heterocycles. The molecule has 0 aromatic carbocycles. The van der Waals surface area contributed by atoms with Gasteiger partial charge in [-0.1, -0.05) is 42.4 Å². The number of aryl methyl sites for hydroxylation is 1. The van der Waals surface area contributed by atoms with Gasteiger partial charge in [-0.3, -0.25) is 14.4 Å². The first-order valence-corrected chi connectivity index (χ1v) is 13.2. The third kappa shape index (κ3) is 4.71. The van der Waals surface area contributed by atoms with Crippen LogP contribution in [0.4, 0.5) is 0 Å². The van der Waals surface area contributed by atoms with Crippen molar-refractivity contribution >= 4 is 52.6 Å². The molecule has 0 bridgehead atoms. The van der Waals surface area contributed by atoms with Crippen molar-refractivity contribution < 1.29 is 19.5 Å². The zero-order chi connectivity index (χ0) is 22.2. The summed E-state index contributed by atoms with van der Waals surface area (Å²) in [5.41, 5.74) is 4.84. The zero-order valence-electron chi connectivity index (χ0n) is 17.3. The average molecular weight is 486 g/mol. The molecule has 3 aliphatic rings. The van der Waals surface area contributed by atoms with E-state index in [0.717, 1.165) is 41.5 Å². The van der Waals surface area contributed by atoms with Crippen LogP contribution in [0.15, 0.2) is 4.34 Å². The number of thioether (sulfide) groups is 2. The smallest absolute Gasteiger partial charge is 0.313 e. The molecular formula is C19H27N5O4S3. The van der Waals surface area contributed by atoms with Gasteiger partial charge in [-0.15, -0.1) is 22.0 Å². The minimum Gasteiger partial charge on any atom is -0.481 e. The highest BCUT2D eigenvalue weighted by Gasteiger charge is 2.57. The molecule has 2 saturated heterocycles. The lowest BCUT2D eigenvalue weighted by molar-refractivity contribution is -0.157. The van der Waals surface area contributed by atoms with E-state index in [2.05, 4.69) is 15.5 Å². The van der Waals surface area contributed by atoms with E-state index in [1.807, 2.05) is 6.92 Å². The van der Waals surface area contributed by atoms with Crippen LogP contribution in [0.3, 0.4) is 0 Å². The maximum absolute atomic E-state index is 12.7. The third-order valence-corrected chi connectivity index (χ3v) is 10.1. The van der Waals surface area contributed by atoms with Crippen LogP contribution in [0.25, 0.3) is 0 Å². The predicted molar refractivity (Wildman–Crippen MR) is 120 cm³/mol. The predicted octanol–water partition coefficient (Wildman–Crippen LogP) is 1.46. The first-order chi connectivity index (χ1) is 14.7. The minimum atomic E-state index is -1.06. The monoisotopic (exact) mass is 485 g/mol. The average Bonchev–Trinajstić information content (AvgIpc) is 3.15. The van der Waals surface area contributed by atoms with Crippen LogP contribution in [0, 0.1) is 12.3 Å². The Morgan fingerprint density at radius 3 is 2.71 bits per heavy atom. The summed E-state index contributed by atoms with van der Waals surface area (Å²) in [7, 11) is 0. The maximum Gasteiger partial charge on any atom is 0.313 e. The van der Waals surface area contributed by atoms with Gasteiger partial charge in [0.1, 0.15) is 21.8 Å². The molecule has 170 valence electrons. The first-order valence-electron chi connectivity index (χ1n) is 10.4. The fourth-order valence-corrected chi connectivity index (χ4v) is 8.10. The molecule has 31 heavy (non-hydrogen) atoms. The Balaban J connectivity index is 1.34. The number of carboxylic acids is 1. The number of rotatable bonds is 7. The lowest BCUT2D eigenvalue weighted by Crippen LogP contribution is -2.74. The highest BCUT2D eigenvalue weighted by Crippen LogP contribution is 2.44. The van der Waals surface area contributed by atoms with E-state index in [0.29, 0.717) is 11.5 Å². The van der Waals surface area contributed by atoms with Gasteiger partial charge >= 0.3 is 5.97 Å². The van der Waals surface area contributed by atoms with Crippen molar-refractivity contribution in [3.8, 4) is 0 Å². The number of β-lactam (4-membered cyclic amide) rings is 1. The lowest BCUT2D eigenvalue weighted by Gasteiger charge is -2.53. The Labute approximate surface area is 193 Å². The summed E-state index contributed by atoms with van der Waals surface area (Å²) in [6, 6.07) is -0.602. The Bertz CT molecular complexity index is 874. The van der Waals surface area contributed by atoms with E-state index >= 15 is 0 Å². The summed E-state index contributed by atoms with van der Waals surface area (Å²) >= 11 is 4.21. The highest BCUT2D eigenvalue weighted by atomic mass is 32.2. The minimum absolute atomic E-state index is 0.136. The van der Waals surface area contributed by atoms with Crippen LogP contribution in [0.5, 0.6) is 0 Å². The molecule has 1 aliphatic carbocycles. The number of hydrogen-bond acceptors (Lipinski definition) is 9. The number of nitrogens with zero attached hydrogens (tertiary/aromatic N) is 3. The Morgan fingerprint density at radius 2 is 2.06 bits per heavy atom. The van der Waals surface area contributed by atoms with Crippen LogP contribution in [0.1, 0.15) is 43.5 Å². The van der Waals surface area contributed by atoms with Crippen molar-refractivity contribution in [3.63, 3.8) is 0 Å². The summed E-state index contributed by atoms with van der Waals surface area (Å²) in [4.78, 5) is 39.0. The number of hydrogen-bond donors (Lipinski definition) is 3. The van der Waals surface area contributed by atoms with E-state index in [4.69, 9.17) is 5.73 Å². The Hall–Kier alpha value is -1.37. The number of nitrogens with two attached hydrogens (primary N) is 1. The molecule has 1 saturated carbocycles. The van der Waals surface area contributed by atoms with Gasteiger partial charge < -0.3 is 21.1 Å². The molecule has 9 nitrogen and oxygen atoms in total. The quantitative estimate of drug-likeness (QED) is 0.387. The fraction of sp³-hybridized carbons (Fsp3) is 0.737. The van der Waals surface area contributed by atoms with Crippen molar-refractivity contribution in [1.82, 2.24) is 20.4 Å². The first kappa shape index (κ1) is 22.8. The third-order valence-electron chi connectivity index (χ3n) is 6.26. The SMILES string of the molecule is Cc1nnc(SCC2(C(=O)O)CS[C@@H]3C(NC(=O)CC4(N)CCCCC4)C(=O)N3C2)s1. The summed E-state index contributed by atoms with van der Waals surface area (Å²) in [6.45, 7) is 1.99. The largest absolute Gasteiger partial charge is 0.481 e. The second-order valence-corrected chi connectivity index (χ2v) is 12.3. The van der Waals surface area contributed by atoms with Crippen molar-refractivity contribution in [2.24, 2.45) is 11.1 Å². The van der Waals surface area contributed by atoms with Crippen LogP contribution < -0.4 is 11.1 Å². The standard InChI is InChI=1S/C19H27N5O4S3/c1-11-22-23-17(31-11)30-10-18(16(27)28)8-24-14(26)13(15(24)29-9-18)21-12(25)7-19(20)5-3-2-4-6-19/h13,15H,2-10,20H2,1H3,(H,21,25)(H,27,28)/t13?,15-,18?/m1/s1. The highest BCUT2D eigenvalue weighted by molar-refractivity contribution is 8.01. The molecule has 4 rings (SSSR count). The van der Waals surface area contributed by atoms with Crippen LogP contribution >= 0.6 is 34.9 Å². The second kappa shape index (κ2) is 8.87. The van der Waals surface area contributed by atoms with Gasteiger partial charge in [-0.25, -0.2) is 0 Å². The zero-order valence-corrected chi connectivity index (χ0v) is 19.8. The molecule has 3 fully saturated rings. The lowest BCUT2D eigenvalue weighted by atomic mass is 9.80. The molecule has 4 N–H and O–H groups in total. The molecule has 0 spiro atoms. The van der Waals surface area contributed by atoms with Crippen molar-refractivity contribution in [1.29, 1.82) is 0 Å². The second-order valence-electron chi connectivity index (χ2n) is 8.77. The van der Waals surface area contributed by atoms with Gasteiger partial charge in [0.15, 0.2) is 4.34 Å². The molecule has 12 heteroatoms. The molecule has 1 aromatic rings. The van der Waals surface area contributed by atoms with E-state index in [1.54, 1.807) is 4.90 Å². The van der Waals surface area contributed by atoms with Gasteiger partial charge in [0, 0.05) is 30.0 Å². The van der Waals surface area contributed by atoms with E-state index < -0.39 is 23.0 Å². The number of carbonyl (C=O) groups excluding carboxylic acids is 2. The number of aliphatic carboxylic acids is 1. The number of nitrogens with one attached hydrogen (secondary N) is 1. The van der Waals surface area contributed by atoms with E-state index in [1.165, 1.54) is 34.9 Å². The number of carboxylic acid groups (broad SMARTS) is 1. The van der Waals surface area contributed by atoms with Gasteiger partial charge in [0.2, 0.25) is 11.8 Å². The normalized spacial score (nSPS) is 29.7. The van der Waals surface area contributed by atoms with Crippen molar-refractivity contribution in [2.75, 3.05) is 18.1 Å². The van der Waals surface area contributed by atoms with Gasteiger partial charge in [-0.2, -0.15) is 0 Å². The molecular weight excluding hydrogens is 458 g/mol. The van der Waals surface area contributed by atoms with Crippen molar-refractivity contribution in [3.05, 3.63) is 5.01 Å². The topological polar surface area (TPSA) is 139 Å². The van der Waals surface area contributed by atoms with Crippen molar-refractivity contribution in [2.45, 2.75) is 66.7 Å². The van der Waals surface area contributed by atoms with E-state index in [-0.39, 0.29) is 30.2 Å². The van der Waals surface area contributed by atoms with Gasteiger partial charge in [0.05, 0.1) is 0 Å². The molecule has 2 amide bonds. The van der Waals surface area contributed by atoms with E-state index in [9.17, 15) is 19.5 Å². The van der Waals surface area contributed by atoms with Gasteiger partial charge in [0.25, 0.3) is 0 Å². The summed E-state index contributed by atoms with van der Waals surface area (Å²) in [6.07, 6.45) is 5.10. The number of amides is 2. The van der Waals surface area contributed by atoms with Gasteiger partial charge in [-0.05, 0) is 19.8 Å². The molecule has 3 heterocycles. The van der Waals surface area contributed by atoms with Crippen LogP contribution in [0.2, 0.25) is 0 Å². The summed E-state index contributed by atoms with van der Waals surface area (Å²) < 4.78 is 0.726. The molecule has 1 aromatic heterocycles. The fourth-order valence-electron chi connectivity index (χ4n) is 4.42. The van der Waals surface area contributed by atoms with Crippen LogP contribution in [-0.2, 0) is 14.4 Å². The Kier molecular flexibility index (Phi) is 6.53. The summed E-state index contributed by atoms with van der Waals surface area (Å²) in [5.74, 6) is -0.653. The maximum atomic E-state index is 12.7. The number of aromatic nitrogens is 2. The number of carbonyl (C=O) groups is 3. The van der Waals surface area contributed by atoms with Crippen LogP contribution in [-0.4, -0.2) is 73.0 Å². The number of fused-ring (bicyclic) bond motifs is 1. The molecule has 3 atom stereocenters.